The number of aromatic nitrogens is 4. The molecule has 3 heterocycles. The largest absolute Gasteiger partial charge is 0.497 e. The molecular formula is C45H32N4O4. The molecule has 0 unspecified atom stereocenters. The second-order valence-corrected chi connectivity index (χ2v) is 12.3. The molecule has 0 radical (unpaired) electrons. The van der Waals surface area contributed by atoms with E-state index in [0.717, 1.165) is 61.7 Å². The average Bonchev–Trinajstić information content (AvgIpc) is 3.82. The van der Waals surface area contributed by atoms with Crippen molar-refractivity contribution in [2.75, 3.05) is 7.11 Å². The maximum atomic E-state index is 6.50. The Morgan fingerprint density at radius 1 is 0.509 bits per heavy atom. The molecule has 0 aliphatic carbocycles. The van der Waals surface area contributed by atoms with E-state index in [1.54, 1.807) is 13.3 Å². The molecule has 9 rings (SSSR count). The first-order valence-electron chi connectivity index (χ1n) is 17.2. The minimum atomic E-state index is 0.651. The molecule has 0 atom stereocenters. The van der Waals surface area contributed by atoms with Gasteiger partial charge in [0.1, 0.15) is 46.1 Å². The lowest BCUT2D eigenvalue weighted by Gasteiger charge is -2.15. The minimum Gasteiger partial charge on any atom is -0.497 e. The number of ether oxygens (including phenoxy) is 4. The van der Waals surface area contributed by atoms with E-state index in [0.29, 0.717) is 23.0 Å². The van der Waals surface area contributed by atoms with Crippen molar-refractivity contribution in [3.05, 3.63) is 176 Å². The van der Waals surface area contributed by atoms with Crippen molar-refractivity contribution in [1.29, 1.82) is 0 Å². The molecule has 3 aromatic heterocycles. The summed E-state index contributed by atoms with van der Waals surface area (Å²) in [5, 5.41) is 6.99. The standard InChI is InChI=1S/C45H32N4O4/c1-50-35-24-25-46-44(28-35)49-40-19-9-8-18-38(40)39-23-22-37(27-41(39)49)51-36-17-10-12-32(26-36)48-30-31(29-47-48)45-42(52-33-13-4-2-5-14-33)20-11-21-43(45)53-34-15-6-3-7-16-34/h2-30H,1H3. The van der Waals surface area contributed by atoms with E-state index in [-0.39, 0.29) is 0 Å². The van der Waals surface area contributed by atoms with Crippen LogP contribution in [-0.2, 0) is 0 Å². The molecule has 0 aliphatic heterocycles. The molecule has 6 aromatic carbocycles. The zero-order valence-corrected chi connectivity index (χ0v) is 28.7. The Morgan fingerprint density at radius 2 is 1.17 bits per heavy atom. The van der Waals surface area contributed by atoms with Crippen LogP contribution in [0.3, 0.4) is 0 Å². The van der Waals surface area contributed by atoms with Gasteiger partial charge in [-0.25, -0.2) is 9.67 Å². The summed E-state index contributed by atoms with van der Waals surface area (Å²) < 4.78 is 28.8. The SMILES string of the molecule is COc1ccnc(-n2c3ccccc3c3ccc(Oc4cccc(-n5cc(-c6c(Oc7ccccc7)cccc6Oc6ccccc6)cn5)c4)cc32)c1. The summed E-state index contributed by atoms with van der Waals surface area (Å²) in [4.78, 5) is 4.68. The second kappa shape index (κ2) is 13.8. The Kier molecular flexibility index (Phi) is 8.22. The normalized spacial score (nSPS) is 11.1. The van der Waals surface area contributed by atoms with Crippen LogP contribution < -0.4 is 18.9 Å². The third-order valence-corrected chi connectivity index (χ3v) is 8.95. The fraction of sp³-hybridized carbons (Fsp3) is 0.0222. The van der Waals surface area contributed by atoms with Crippen molar-refractivity contribution in [2.24, 2.45) is 0 Å². The van der Waals surface area contributed by atoms with Gasteiger partial charge in [0, 0.05) is 46.9 Å². The molecule has 0 fully saturated rings. The molecule has 0 aliphatic rings. The highest BCUT2D eigenvalue weighted by Gasteiger charge is 2.18. The van der Waals surface area contributed by atoms with Gasteiger partial charge in [0.25, 0.3) is 0 Å². The number of hydrogen-bond donors (Lipinski definition) is 0. The van der Waals surface area contributed by atoms with Crippen LogP contribution >= 0.6 is 0 Å². The number of nitrogens with zero attached hydrogens (tertiary/aromatic N) is 4. The van der Waals surface area contributed by atoms with Crippen LogP contribution in [0.25, 0.3) is 44.4 Å². The lowest BCUT2D eigenvalue weighted by molar-refractivity contribution is 0.414. The molecule has 256 valence electrons. The third-order valence-electron chi connectivity index (χ3n) is 8.95. The van der Waals surface area contributed by atoms with Crippen molar-refractivity contribution < 1.29 is 18.9 Å². The molecular weight excluding hydrogens is 661 g/mol. The number of methoxy groups -OCH3 is 1. The van der Waals surface area contributed by atoms with E-state index in [9.17, 15) is 0 Å². The van der Waals surface area contributed by atoms with Gasteiger partial charge in [-0.1, -0.05) is 66.7 Å². The maximum Gasteiger partial charge on any atom is 0.141 e. The van der Waals surface area contributed by atoms with Crippen LogP contribution in [0.15, 0.2) is 176 Å². The molecule has 0 spiro atoms. The van der Waals surface area contributed by atoms with E-state index in [2.05, 4.69) is 27.8 Å². The Bertz CT molecular complexity index is 2640. The van der Waals surface area contributed by atoms with Gasteiger partial charge in [0.05, 0.1) is 35.6 Å². The van der Waals surface area contributed by atoms with Crippen LogP contribution in [-0.4, -0.2) is 26.4 Å². The highest BCUT2D eigenvalue weighted by Crippen LogP contribution is 2.42. The van der Waals surface area contributed by atoms with Crippen LogP contribution in [0.1, 0.15) is 0 Å². The van der Waals surface area contributed by atoms with E-state index >= 15 is 0 Å². The predicted molar refractivity (Wildman–Crippen MR) is 207 cm³/mol. The van der Waals surface area contributed by atoms with Gasteiger partial charge in [0.2, 0.25) is 0 Å². The molecule has 0 amide bonds. The smallest absolute Gasteiger partial charge is 0.141 e. The lowest BCUT2D eigenvalue weighted by atomic mass is 10.1. The Labute approximate surface area is 305 Å². The number of para-hydroxylation sites is 3. The number of hydrogen-bond acceptors (Lipinski definition) is 6. The van der Waals surface area contributed by atoms with Gasteiger partial charge < -0.3 is 18.9 Å². The van der Waals surface area contributed by atoms with Crippen molar-refractivity contribution in [1.82, 2.24) is 19.3 Å². The molecule has 8 nitrogen and oxygen atoms in total. The van der Waals surface area contributed by atoms with Crippen molar-refractivity contribution in [2.45, 2.75) is 0 Å². The summed E-state index contributed by atoms with van der Waals surface area (Å²) in [6.45, 7) is 0. The molecule has 53 heavy (non-hydrogen) atoms. The van der Waals surface area contributed by atoms with E-state index in [4.69, 9.17) is 24.0 Å². The Hall–Kier alpha value is -7.32. The summed E-state index contributed by atoms with van der Waals surface area (Å²) >= 11 is 0. The summed E-state index contributed by atoms with van der Waals surface area (Å²) in [6.07, 6.45) is 5.54. The topological polar surface area (TPSA) is 72.6 Å². The lowest BCUT2D eigenvalue weighted by Crippen LogP contribution is -1.98. The quantitative estimate of drug-likeness (QED) is 0.142. The molecule has 0 saturated heterocycles. The monoisotopic (exact) mass is 692 g/mol. The summed E-state index contributed by atoms with van der Waals surface area (Å²) in [6, 6.07) is 51.3. The van der Waals surface area contributed by atoms with Gasteiger partial charge in [-0.2, -0.15) is 5.10 Å². The number of pyridine rings is 1. The second-order valence-electron chi connectivity index (χ2n) is 12.3. The van der Waals surface area contributed by atoms with Crippen molar-refractivity contribution in [3.63, 3.8) is 0 Å². The van der Waals surface area contributed by atoms with Gasteiger partial charge in [-0.3, -0.25) is 4.57 Å². The molecule has 0 saturated carbocycles. The average molecular weight is 693 g/mol. The molecule has 0 bridgehead atoms. The molecule has 8 heteroatoms. The van der Waals surface area contributed by atoms with Crippen LogP contribution in [0.4, 0.5) is 0 Å². The fourth-order valence-electron chi connectivity index (χ4n) is 6.52. The van der Waals surface area contributed by atoms with Crippen LogP contribution in [0.5, 0.6) is 40.2 Å². The Balaban J connectivity index is 1.06. The van der Waals surface area contributed by atoms with Gasteiger partial charge in [-0.05, 0) is 72.8 Å². The Morgan fingerprint density at radius 3 is 1.92 bits per heavy atom. The highest BCUT2D eigenvalue weighted by atomic mass is 16.5. The van der Waals surface area contributed by atoms with Crippen molar-refractivity contribution >= 4 is 21.8 Å². The maximum absolute atomic E-state index is 6.50. The summed E-state index contributed by atoms with van der Waals surface area (Å²) in [5.41, 5.74) is 4.47. The van der Waals surface area contributed by atoms with Crippen LogP contribution in [0, 0.1) is 0 Å². The highest BCUT2D eigenvalue weighted by molar-refractivity contribution is 6.09. The van der Waals surface area contributed by atoms with E-state index in [1.807, 2.05) is 157 Å². The summed E-state index contributed by atoms with van der Waals surface area (Å²) in [7, 11) is 1.66. The number of benzene rings is 6. The summed E-state index contributed by atoms with van der Waals surface area (Å²) in [5.74, 6) is 5.61. The zero-order chi connectivity index (χ0) is 35.6. The van der Waals surface area contributed by atoms with E-state index < -0.39 is 0 Å². The third kappa shape index (κ3) is 6.30. The van der Waals surface area contributed by atoms with E-state index in [1.165, 1.54) is 0 Å². The molecule has 0 N–H and O–H groups in total. The minimum absolute atomic E-state index is 0.651. The number of rotatable bonds is 10. The fourth-order valence-corrected chi connectivity index (χ4v) is 6.52. The van der Waals surface area contributed by atoms with Crippen molar-refractivity contribution in [3.8, 4) is 62.9 Å². The zero-order valence-electron chi connectivity index (χ0n) is 28.7. The first-order chi connectivity index (χ1) is 26.2. The number of fused-ring (bicyclic) bond motifs is 3. The van der Waals surface area contributed by atoms with Gasteiger partial charge in [-0.15, -0.1) is 0 Å². The van der Waals surface area contributed by atoms with Gasteiger partial charge >= 0.3 is 0 Å². The first kappa shape index (κ1) is 31.6. The predicted octanol–water partition coefficient (Wildman–Crippen LogP) is 11.4. The first-order valence-corrected chi connectivity index (χ1v) is 17.2. The van der Waals surface area contributed by atoms with Gasteiger partial charge in [0.15, 0.2) is 0 Å². The molecule has 9 aromatic rings. The van der Waals surface area contributed by atoms with Crippen LogP contribution in [0.2, 0.25) is 0 Å².